The van der Waals surface area contributed by atoms with Crippen molar-refractivity contribution in [2.75, 3.05) is 13.2 Å². The largest absolute Gasteiger partial charge is 0.494 e. The Morgan fingerprint density at radius 1 is 1.09 bits per heavy atom. The first-order valence-corrected chi connectivity index (χ1v) is 13.6. The number of rotatable bonds is 12. The molecule has 1 atom stereocenters. The van der Waals surface area contributed by atoms with Crippen LogP contribution in [-0.2, 0) is 17.8 Å². The summed E-state index contributed by atoms with van der Waals surface area (Å²) in [4.78, 5) is 17.4. The molecule has 1 aliphatic rings. The third-order valence-electron chi connectivity index (χ3n) is 7.46. The van der Waals surface area contributed by atoms with Gasteiger partial charge in [0, 0.05) is 25.4 Å². The number of aromatic nitrogens is 2. The number of hydrogen-bond donors (Lipinski definition) is 1. The van der Waals surface area contributed by atoms with Gasteiger partial charge in [0.05, 0.1) is 17.6 Å². The molecule has 35 heavy (non-hydrogen) atoms. The number of nitrogens with zero attached hydrogens (tertiary/aromatic N) is 2. The fraction of sp³-hybridized carbons (Fsp3) is 0.533. The number of para-hydroxylation sites is 2. The normalized spacial score (nSPS) is 15.3. The Balaban J connectivity index is 1.27. The number of aryl methyl sites for hydroxylation is 1. The third-order valence-corrected chi connectivity index (χ3v) is 7.46. The highest BCUT2D eigenvalue weighted by molar-refractivity contribution is 5.78. The van der Waals surface area contributed by atoms with Crippen LogP contribution >= 0.6 is 0 Å². The van der Waals surface area contributed by atoms with Crippen molar-refractivity contribution in [3.8, 4) is 5.75 Å². The number of ether oxygens (including phenoxy) is 1. The van der Waals surface area contributed by atoms with Crippen LogP contribution in [0.5, 0.6) is 5.75 Å². The van der Waals surface area contributed by atoms with Gasteiger partial charge in [-0.1, -0.05) is 57.4 Å². The standard InChI is InChI=1S/C30H41N3O2/c1-3-23(2)24-15-17-26(18-16-24)35-22-10-9-21-33-28-14-8-7-13-27(28)32-29(33)19-20-31-30(34)25-11-5-4-6-12-25/h7-8,13-18,23,25H,3-6,9-12,19-22H2,1-2H3,(H,31,34). The Labute approximate surface area is 210 Å². The molecule has 0 spiro atoms. The zero-order chi connectivity index (χ0) is 24.5. The van der Waals surface area contributed by atoms with Crippen molar-refractivity contribution >= 4 is 16.9 Å². The van der Waals surface area contributed by atoms with Crippen molar-refractivity contribution < 1.29 is 9.53 Å². The third kappa shape index (κ3) is 6.87. The van der Waals surface area contributed by atoms with Gasteiger partial charge in [-0.2, -0.15) is 0 Å². The Hall–Kier alpha value is -2.82. The lowest BCUT2D eigenvalue weighted by molar-refractivity contribution is -0.125. The van der Waals surface area contributed by atoms with Gasteiger partial charge in [0.1, 0.15) is 11.6 Å². The molecule has 1 unspecified atom stereocenters. The first-order valence-electron chi connectivity index (χ1n) is 13.6. The minimum Gasteiger partial charge on any atom is -0.494 e. The summed E-state index contributed by atoms with van der Waals surface area (Å²) in [6.45, 7) is 6.74. The Bertz CT molecular complexity index is 1070. The predicted octanol–water partition coefficient (Wildman–Crippen LogP) is 6.65. The van der Waals surface area contributed by atoms with Crippen LogP contribution in [0.3, 0.4) is 0 Å². The molecule has 1 fully saturated rings. The number of amides is 1. The van der Waals surface area contributed by atoms with Crippen molar-refractivity contribution in [2.24, 2.45) is 5.92 Å². The van der Waals surface area contributed by atoms with Gasteiger partial charge in [0.25, 0.3) is 0 Å². The molecule has 5 nitrogen and oxygen atoms in total. The second-order valence-corrected chi connectivity index (χ2v) is 9.98. The Kier molecular flexibility index (Phi) is 9.21. The van der Waals surface area contributed by atoms with E-state index in [2.05, 4.69) is 66.2 Å². The molecule has 4 rings (SSSR count). The van der Waals surface area contributed by atoms with Gasteiger partial charge in [-0.25, -0.2) is 4.98 Å². The van der Waals surface area contributed by atoms with Crippen molar-refractivity contribution in [2.45, 2.75) is 84.1 Å². The lowest BCUT2D eigenvalue weighted by atomic mass is 9.89. The molecular formula is C30H41N3O2. The molecule has 0 aliphatic heterocycles. The smallest absolute Gasteiger partial charge is 0.223 e. The van der Waals surface area contributed by atoms with Crippen LogP contribution in [0.25, 0.3) is 11.0 Å². The minimum absolute atomic E-state index is 0.203. The molecule has 1 aliphatic carbocycles. The van der Waals surface area contributed by atoms with Gasteiger partial charge in [-0.15, -0.1) is 0 Å². The van der Waals surface area contributed by atoms with Crippen molar-refractivity contribution in [1.29, 1.82) is 0 Å². The number of fused-ring (bicyclic) bond motifs is 1. The molecule has 1 amide bonds. The highest BCUT2D eigenvalue weighted by Gasteiger charge is 2.20. The predicted molar refractivity (Wildman–Crippen MR) is 143 cm³/mol. The lowest BCUT2D eigenvalue weighted by Crippen LogP contribution is -2.33. The second kappa shape index (κ2) is 12.8. The molecule has 2 aromatic carbocycles. The molecular weight excluding hydrogens is 434 g/mol. The topological polar surface area (TPSA) is 56.1 Å². The van der Waals surface area contributed by atoms with Crippen LogP contribution in [0.2, 0.25) is 0 Å². The van der Waals surface area contributed by atoms with Gasteiger partial charge < -0.3 is 14.6 Å². The van der Waals surface area contributed by atoms with Crippen LogP contribution in [0, 0.1) is 5.92 Å². The summed E-state index contributed by atoms with van der Waals surface area (Å²) in [5, 5.41) is 3.17. The summed E-state index contributed by atoms with van der Waals surface area (Å²) in [6.07, 6.45) is 9.61. The highest BCUT2D eigenvalue weighted by Crippen LogP contribution is 2.24. The van der Waals surface area contributed by atoms with Gasteiger partial charge in [-0.3, -0.25) is 4.79 Å². The van der Waals surface area contributed by atoms with Gasteiger partial charge in [0.2, 0.25) is 5.91 Å². The van der Waals surface area contributed by atoms with E-state index >= 15 is 0 Å². The van der Waals surface area contributed by atoms with Crippen LogP contribution in [0.4, 0.5) is 0 Å². The van der Waals surface area contributed by atoms with E-state index < -0.39 is 0 Å². The summed E-state index contributed by atoms with van der Waals surface area (Å²) in [7, 11) is 0. The van der Waals surface area contributed by atoms with E-state index in [0.717, 1.165) is 62.2 Å². The van der Waals surface area contributed by atoms with E-state index in [0.29, 0.717) is 19.1 Å². The van der Waals surface area contributed by atoms with Crippen LogP contribution in [0.1, 0.15) is 82.5 Å². The number of nitrogens with one attached hydrogen (secondary N) is 1. The molecule has 1 N–H and O–H groups in total. The number of carbonyl (C=O) groups is 1. The van der Waals surface area contributed by atoms with E-state index in [9.17, 15) is 4.79 Å². The molecule has 0 bridgehead atoms. The second-order valence-electron chi connectivity index (χ2n) is 9.98. The zero-order valence-electron chi connectivity index (χ0n) is 21.5. The fourth-order valence-electron chi connectivity index (χ4n) is 5.06. The molecule has 1 saturated carbocycles. The van der Waals surface area contributed by atoms with E-state index in [4.69, 9.17) is 9.72 Å². The van der Waals surface area contributed by atoms with Crippen molar-refractivity contribution in [3.63, 3.8) is 0 Å². The number of carbonyl (C=O) groups excluding carboxylic acids is 1. The quantitative estimate of drug-likeness (QED) is 0.298. The number of unbranched alkanes of at least 4 members (excludes halogenated alkanes) is 1. The summed E-state index contributed by atoms with van der Waals surface area (Å²) in [5.74, 6) is 3.01. The monoisotopic (exact) mass is 475 g/mol. The molecule has 188 valence electrons. The fourth-order valence-corrected chi connectivity index (χ4v) is 5.06. The molecule has 0 radical (unpaired) electrons. The van der Waals surface area contributed by atoms with Crippen molar-refractivity contribution in [1.82, 2.24) is 14.9 Å². The Morgan fingerprint density at radius 3 is 2.63 bits per heavy atom. The van der Waals surface area contributed by atoms with E-state index in [1.807, 2.05) is 6.07 Å². The molecule has 1 aromatic heterocycles. The first kappa shape index (κ1) is 25.3. The summed E-state index contributed by atoms with van der Waals surface area (Å²) >= 11 is 0. The molecule has 5 heteroatoms. The summed E-state index contributed by atoms with van der Waals surface area (Å²) in [5.41, 5.74) is 3.57. The summed E-state index contributed by atoms with van der Waals surface area (Å²) < 4.78 is 8.31. The van der Waals surface area contributed by atoms with E-state index in [1.165, 1.54) is 30.3 Å². The minimum atomic E-state index is 0.203. The number of benzene rings is 2. The van der Waals surface area contributed by atoms with E-state index in [-0.39, 0.29) is 11.8 Å². The molecule has 1 heterocycles. The average Bonchev–Trinajstić information content (AvgIpc) is 3.26. The van der Waals surface area contributed by atoms with Gasteiger partial charge >= 0.3 is 0 Å². The molecule has 0 saturated heterocycles. The SMILES string of the molecule is CCC(C)c1ccc(OCCCCn2c(CCNC(=O)C3CCCCC3)nc3ccccc32)cc1. The van der Waals surface area contributed by atoms with Crippen LogP contribution in [0.15, 0.2) is 48.5 Å². The number of hydrogen-bond acceptors (Lipinski definition) is 3. The van der Waals surface area contributed by atoms with Crippen LogP contribution < -0.4 is 10.1 Å². The van der Waals surface area contributed by atoms with Gasteiger partial charge in [-0.05, 0) is 67.9 Å². The van der Waals surface area contributed by atoms with Crippen LogP contribution in [-0.4, -0.2) is 28.6 Å². The first-order chi connectivity index (χ1) is 17.2. The maximum atomic E-state index is 12.5. The lowest BCUT2D eigenvalue weighted by Gasteiger charge is -2.20. The van der Waals surface area contributed by atoms with Crippen molar-refractivity contribution in [3.05, 3.63) is 59.9 Å². The van der Waals surface area contributed by atoms with Gasteiger partial charge in [0.15, 0.2) is 0 Å². The Morgan fingerprint density at radius 2 is 1.86 bits per heavy atom. The van der Waals surface area contributed by atoms with E-state index in [1.54, 1.807) is 0 Å². The zero-order valence-corrected chi connectivity index (χ0v) is 21.5. The maximum absolute atomic E-state index is 12.5. The number of imidazole rings is 1. The molecule has 3 aromatic rings. The average molecular weight is 476 g/mol. The highest BCUT2D eigenvalue weighted by atomic mass is 16.5. The summed E-state index contributed by atoms with van der Waals surface area (Å²) in [6, 6.07) is 16.9. The maximum Gasteiger partial charge on any atom is 0.223 e.